The van der Waals surface area contributed by atoms with Gasteiger partial charge in [-0.1, -0.05) is 6.07 Å². The molecule has 60 valence electrons. The van der Waals surface area contributed by atoms with Crippen LogP contribution in [0.25, 0.3) is 0 Å². The molecular weight excluding hydrogens is 158 g/mol. The van der Waals surface area contributed by atoms with E-state index in [0.29, 0.717) is 6.04 Å². The SMILES string of the molecule is c1csc([C@H]2COCCN2)c1. The van der Waals surface area contributed by atoms with Crippen molar-refractivity contribution in [2.24, 2.45) is 0 Å². The van der Waals surface area contributed by atoms with Gasteiger partial charge in [-0.25, -0.2) is 0 Å². The second-order valence-electron chi connectivity index (χ2n) is 2.60. The van der Waals surface area contributed by atoms with E-state index in [-0.39, 0.29) is 0 Å². The molecule has 0 aromatic carbocycles. The van der Waals surface area contributed by atoms with Gasteiger partial charge in [0.05, 0.1) is 19.3 Å². The Morgan fingerprint density at radius 3 is 3.27 bits per heavy atom. The van der Waals surface area contributed by atoms with Crippen LogP contribution in [-0.4, -0.2) is 19.8 Å². The Morgan fingerprint density at radius 1 is 1.64 bits per heavy atom. The van der Waals surface area contributed by atoms with Crippen molar-refractivity contribution < 1.29 is 4.74 Å². The number of hydrogen-bond donors (Lipinski definition) is 1. The molecule has 1 atom stereocenters. The van der Waals surface area contributed by atoms with Crippen molar-refractivity contribution in [1.29, 1.82) is 0 Å². The minimum atomic E-state index is 0.434. The van der Waals surface area contributed by atoms with Crippen molar-refractivity contribution in [1.82, 2.24) is 5.32 Å². The Balaban J connectivity index is 2.04. The van der Waals surface area contributed by atoms with Gasteiger partial charge in [-0.15, -0.1) is 11.3 Å². The first-order valence-corrected chi connectivity index (χ1v) is 4.69. The summed E-state index contributed by atoms with van der Waals surface area (Å²) in [6.07, 6.45) is 0. The first-order chi connectivity index (χ1) is 5.47. The Morgan fingerprint density at radius 2 is 2.64 bits per heavy atom. The second-order valence-corrected chi connectivity index (χ2v) is 3.58. The molecule has 1 aliphatic rings. The maximum atomic E-state index is 5.35. The van der Waals surface area contributed by atoms with Gasteiger partial charge in [0, 0.05) is 11.4 Å². The zero-order chi connectivity index (χ0) is 7.52. The molecule has 0 aliphatic carbocycles. The first-order valence-electron chi connectivity index (χ1n) is 3.81. The fourth-order valence-electron chi connectivity index (χ4n) is 1.24. The van der Waals surface area contributed by atoms with Gasteiger partial charge in [-0.3, -0.25) is 0 Å². The molecule has 0 amide bonds. The number of nitrogens with one attached hydrogen (secondary N) is 1. The lowest BCUT2D eigenvalue weighted by atomic mass is 10.2. The Bertz CT molecular complexity index is 204. The number of rotatable bonds is 1. The molecule has 1 aliphatic heterocycles. The lowest BCUT2D eigenvalue weighted by Crippen LogP contribution is -2.33. The van der Waals surface area contributed by atoms with Crippen LogP contribution in [0.15, 0.2) is 17.5 Å². The molecule has 0 bridgehead atoms. The quantitative estimate of drug-likeness (QED) is 0.686. The van der Waals surface area contributed by atoms with Crippen LogP contribution in [0.2, 0.25) is 0 Å². The zero-order valence-electron chi connectivity index (χ0n) is 6.25. The molecule has 0 saturated carbocycles. The third kappa shape index (κ3) is 1.61. The van der Waals surface area contributed by atoms with E-state index in [4.69, 9.17) is 4.74 Å². The molecular formula is C8H11NOS. The Hall–Kier alpha value is -0.380. The largest absolute Gasteiger partial charge is 0.378 e. The maximum Gasteiger partial charge on any atom is 0.0670 e. The summed E-state index contributed by atoms with van der Waals surface area (Å²) in [7, 11) is 0. The van der Waals surface area contributed by atoms with Crippen LogP contribution in [0.1, 0.15) is 10.9 Å². The third-order valence-corrected chi connectivity index (χ3v) is 2.79. The monoisotopic (exact) mass is 169 g/mol. The number of ether oxygens (including phenoxy) is 1. The van der Waals surface area contributed by atoms with Crippen LogP contribution in [-0.2, 0) is 4.74 Å². The van der Waals surface area contributed by atoms with Crippen LogP contribution in [0, 0.1) is 0 Å². The molecule has 3 heteroatoms. The van der Waals surface area contributed by atoms with E-state index in [1.165, 1.54) is 4.88 Å². The smallest absolute Gasteiger partial charge is 0.0670 e. The van der Waals surface area contributed by atoms with Crippen LogP contribution in [0.4, 0.5) is 0 Å². The summed E-state index contributed by atoms with van der Waals surface area (Å²) in [6, 6.07) is 4.66. The van der Waals surface area contributed by atoms with E-state index in [2.05, 4.69) is 22.8 Å². The molecule has 1 aromatic rings. The summed E-state index contributed by atoms with van der Waals surface area (Å²) < 4.78 is 5.35. The predicted molar refractivity (Wildman–Crippen MR) is 45.9 cm³/mol. The maximum absolute atomic E-state index is 5.35. The van der Waals surface area contributed by atoms with Crippen molar-refractivity contribution in [3.63, 3.8) is 0 Å². The predicted octanol–water partition coefficient (Wildman–Crippen LogP) is 1.41. The van der Waals surface area contributed by atoms with Crippen molar-refractivity contribution in [3.8, 4) is 0 Å². The van der Waals surface area contributed by atoms with E-state index in [9.17, 15) is 0 Å². The number of hydrogen-bond acceptors (Lipinski definition) is 3. The van der Waals surface area contributed by atoms with Gasteiger partial charge in [0.15, 0.2) is 0 Å². The van der Waals surface area contributed by atoms with Crippen molar-refractivity contribution in [2.45, 2.75) is 6.04 Å². The molecule has 1 saturated heterocycles. The van der Waals surface area contributed by atoms with Crippen molar-refractivity contribution >= 4 is 11.3 Å². The highest BCUT2D eigenvalue weighted by Crippen LogP contribution is 2.20. The topological polar surface area (TPSA) is 21.3 Å². The molecule has 2 nitrogen and oxygen atoms in total. The van der Waals surface area contributed by atoms with Crippen LogP contribution in [0.5, 0.6) is 0 Å². The number of thiophene rings is 1. The van der Waals surface area contributed by atoms with Crippen molar-refractivity contribution in [2.75, 3.05) is 19.8 Å². The zero-order valence-corrected chi connectivity index (χ0v) is 7.06. The minimum absolute atomic E-state index is 0.434. The minimum Gasteiger partial charge on any atom is -0.378 e. The van der Waals surface area contributed by atoms with Gasteiger partial charge in [0.1, 0.15) is 0 Å². The van der Waals surface area contributed by atoms with E-state index < -0.39 is 0 Å². The van der Waals surface area contributed by atoms with Gasteiger partial charge in [0.2, 0.25) is 0 Å². The van der Waals surface area contributed by atoms with E-state index >= 15 is 0 Å². The van der Waals surface area contributed by atoms with Gasteiger partial charge in [-0.2, -0.15) is 0 Å². The normalized spacial score (nSPS) is 25.3. The highest BCUT2D eigenvalue weighted by atomic mass is 32.1. The molecule has 2 heterocycles. The number of morpholine rings is 1. The molecule has 0 radical (unpaired) electrons. The first kappa shape index (κ1) is 7.28. The lowest BCUT2D eigenvalue weighted by Gasteiger charge is -2.22. The van der Waals surface area contributed by atoms with Gasteiger partial charge in [0.25, 0.3) is 0 Å². The summed E-state index contributed by atoms with van der Waals surface area (Å²) in [4.78, 5) is 1.38. The summed E-state index contributed by atoms with van der Waals surface area (Å²) >= 11 is 1.79. The Labute approximate surface area is 70.2 Å². The lowest BCUT2D eigenvalue weighted by molar-refractivity contribution is 0.0779. The standard InChI is InChI=1S/C8H11NOS/c1-2-8(11-5-1)7-6-10-4-3-9-7/h1-2,5,7,9H,3-4,6H2/t7-/m1/s1. The highest BCUT2D eigenvalue weighted by Gasteiger charge is 2.14. The summed E-state index contributed by atoms with van der Waals surface area (Å²) in [5.74, 6) is 0. The fourth-order valence-corrected chi connectivity index (χ4v) is 2.02. The van der Waals surface area contributed by atoms with E-state index in [1.807, 2.05) is 0 Å². The van der Waals surface area contributed by atoms with Gasteiger partial charge >= 0.3 is 0 Å². The Kier molecular flexibility index (Phi) is 2.21. The molecule has 11 heavy (non-hydrogen) atoms. The van der Waals surface area contributed by atoms with E-state index in [1.54, 1.807) is 11.3 Å². The highest BCUT2D eigenvalue weighted by molar-refractivity contribution is 7.10. The van der Waals surface area contributed by atoms with Gasteiger partial charge < -0.3 is 10.1 Å². The molecule has 1 fully saturated rings. The summed E-state index contributed by atoms with van der Waals surface area (Å²) in [6.45, 7) is 2.64. The van der Waals surface area contributed by atoms with Crippen LogP contribution < -0.4 is 5.32 Å². The summed E-state index contributed by atoms with van der Waals surface area (Å²) in [5.41, 5.74) is 0. The second kappa shape index (κ2) is 3.34. The molecule has 0 unspecified atom stereocenters. The van der Waals surface area contributed by atoms with Crippen LogP contribution >= 0.6 is 11.3 Å². The molecule has 1 aromatic heterocycles. The fraction of sp³-hybridized carbons (Fsp3) is 0.500. The summed E-state index contributed by atoms with van der Waals surface area (Å²) in [5, 5.41) is 5.51. The molecule has 0 spiro atoms. The average Bonchev–Trinajstić information content (AvgIpc) is 2.58. The molecule has 1 N–H and O–H groups in total. The van der Waals surface area contributed by atoms with Gasteiger partial charge in [-0.05, 0) is 11.4 Å². The van der Waals surface area contributed by atoms with Crippen LogP contribution in [0.3, 0.4) is 0 Å². The molecule has 2 rings (SSSR count). The average molecular weight is 169 g/mol. The third-order valence-electron chi connectivity index (χ3n) is 1.81. The van der Waals surface area contributed by atoms with Crippen molar-refractivity contribution in [3.05, 3.63) is 22.4 Å². The van der Waals surface area contributed by atoms with E-state index in [0.717, 1.165) is 19.8 Å².